The van der Waals surface area contributed by atoms with Crippen LogP contribution in [0.15, 0.2) is 35.8 Å². The highest BCUT2D eigenvalue weighted by Crippen LogP contribution is 2.24. The molecule has 0 N–H and O–H groups in total. The van der Waals surface area contributed by atoms with Crippen LogP contribution < -0.4 is 0 Å². The zero-order chi connectivity index (χ0) is 10.7. The lowest BCUT2D eigenvalue weighted by atomic mass is 10.0. The van der Waals surface area contributed by atoms with Crippen LogP contribution in [-0.4, -0.2) is 25.2 Å². The van der Waals surface area contributed by atoms with Crippen LogP contribution in [0.25, 0.3) is 0 Å². The first-order chi connectivity index (χ1) is 6.60. The van der Waals surface area contributed by atoms with E-state index in [4.69, 9.17) is 9.47 Å². The molecule has 1 aliphatic carbocycles. The molecule has 0 saturated carbocycles. The van der Waals surface area contributed by atoms with E-state index in [9.17, 15) is 10.1 Å². The maximum Gasteiger partial charge on any atom is 0.259 e. The normalized spacial score (nSPS) is 21.0. The fourth-order valence-electron chi connectivity index (χ4n) is 1.18. The molecule has 76 valence electrons. The number of hydrogen-bond donors (Lipinski definition) is 0. The minimum Gasteiger partial charge on any atom is -0.493 e. The third-order valence-electron chi connectivity index (χ3n) is 1.92. The van der Waals surface area contributed by atoms with Crippen molar-refractivity contribution in [2.75, 3.05) is 14.2 Å². The molecule has 0 radical (unpaired) electrons. The van der Waals surface area contributed by atoms with Crippen molar-refractivity contribution < 1.29 is 14.4 Å². The minimum absolute atomic E-state index is 0.363. The van der Waals surface area contributed by atoms with Crippen molar-refractivity contribution in [3.8, 4) is 0 Å². The van der Waals surface area contributed by atoms with Gasteiger partial charge >= 0.3 is 0 Å². The highest BCUT2D eigenvalue weighted by Gasteiger charge is 2.27. The maximum absolute atomic E-state index is 10.6. The summed E-state index contributed by atoms with van der Waals surface area (Å²) in [6.45, 7) is 3.59. The van der Waals surface area contributed by atoms with Crippen molar-refractivity contribution in [1.29, 1.82) is 0 Å². The Labute approximate surface area is 81.5 Å². The second kappa shape index (κ2) is 3.95. The lowest BCUT2D eigenvalue weighted by Crippen LogP contribution is -2.22. The molecule has 0 spiro atoms. The van der Waals surface area contributed by atoms with E-state index in [0.717, 1.165) is 0 Å². The lowest BCUT2D eigenvalue weighted by Gasteiger charge is -2.16. The summed E-state index contributed by atoms with van der Waals surface area (Å²) < 4.78 is 9.92. The molecule has 0 heterocycles. The van der Waals surface area contributed by atoms with Crippen molar-refractivity contribution in [3.05, 3.63) is 45.9 Å². The van der Waals surface area contributed by atoms with E-state index in [2.05, 4.69) is 6.58 Å². The van der Waals surface area contributed by atoms with Gasteiger partial charge in [-0.15, -0.1) is 0 Å². The van der Waals surface area contributed by atoms with Crippen molar-refractivity contribution in [2.45, 2.75) is 6.04 Å². The molecule has 14 heavy (non-hydrogen) atoms. The molecule has 0 aromatic carbocycles. The zero-order valence-electron chi connectivity index (χ0n) is 8.02. The van der Waals surface area contributed by atoms with Crippen LogP contribution in [0.4, 0.5) is 0 Å². The maximum atomic E-state index is 10.6. The third-order valence-corrected chi connectivity index (χ3v) is 1.92. The van der Waals surface area contributed by atoms with Gasteiger partial charge in [0, 0.05) is 16.6 Å². The average molecular weight is 197 g/mol. The predicted octanol–water partition coefficient (Wildman–Crippen LogP) is 1.26. The summed E-state index contributed by atoms with van der Waals surface area (Å²) in [5, 5.41) is 10.6. The number of nitrogens with zero attached hydrogens (tertiary/aromatic N) is 1. The van der Waals surface area contributed by atoms with Crippen LogP contribution in [0.2, 0.25) is 0 Å². The second-order valence-corrected chi connectivity index (χ2v) is 2.75. The van der Waals surface area contributed by atoms with Crippen molar-refractivity contribution >= 4 is 0 Å². The first-order valence-corrected chi connectivity index (χ1v) is 3.94. The molecule has 5 nitrogen and oxygen atoms in total. The standard InChI is InChI=1S/C9H11NO4/c1-6-4-8(13-2)9(14-3)5-7(6)10(11)12/h4-5,7H,1H2,2-3H3. The Morgan fingerprint density at radius 3 is 2.43 bits per heavy atom. The summed E-state index contributed by atoms with van der Waals surface area (Å²) in [7, 11) is 2.91. The van der Waals surface area contributed by atoms with Crippen LogP contribution in [0.3, 0.4) is 0 Å². The molecule has 0 amide bonds. The summed E-state index contributed by atoms with van der Waals surface area (Å²) in [5.74, 6) is 0.817. The predicted molar refractivity (Wildman–Crippen MR) is 50.1 cm³/mol. The summed E-state index contributed by atoms with van der Waals surface area (Å²) in [4.78, 5) is 10.2. The fraction of sp³-hybridized carbons (Fsp3) is 0.333. The van der Waals surface area contributed by atoms with Gasteiger partial charge in [0.05, 0.1) is 14.2 Å². The van der Waals surface area contributed by atoms with Gasteiger partial charge < -0.3 is 9.47 Å². The molecule has 5 heteroatoms. The van der Waals surface area contributed by atoms with E-state index in [1.165, 1.54) is 26.4 Å². The Morgan fingerprint density at radius 1 is 1.43 bits per heavy atom. The molecule has 0 saturated heterocycles. The van der Waals surface area contributed by atoms with Gasteiger partial charge in [0.15, 0.2) is 11.5 Å². The van der Waals surface area contributed by atoms with Gasteiger partial charge in [-0.05, 0) is 6.08 Å². The van der Waals surface area contributed by atoms with Crippen molar-refractivity contribution in [3.63, 3.8) is 0 Å². The van der Waals surface area contributed by atoms with Crippen LogP contribution in [0.1, 0.15) is 0 Å². The Bertz CT molecular complexity index is 330. The van der Waals surface area contributed by atoms with Gasteiger partial charge in [0.2, 0.25) is 0 Å². The van der Waals surface area contributed by atoms with Crippen molar-refractivity contribution in [2.24, 2.45) is 0 Å². The Hall–Kier alpha value is -1.78. The molecule has 1 aliphatic rings. The molecular formula is C9H11NO4. The van der Waals surface area contributed by atoms with Crippen LogP contribution in [0.5, 0.6) is 0 Å². The van der Waals surface area contributed by atoms with Gasteiger partial charge in [0.1, 0.15) is 0 Å². The van der Waals surface area contributed by atoms with Gasteiger partial charge in [0.25, 0.3) is 6.04 Å². The molecule has 0 fully saturated rings. The van der Waals surface area contributed by atoms with E-state index in [0.29, 0.717) is 17.1 Å². The summed E-state index contributed by atoms with van der Waals surface area (Å²) in [5.41, 5.74) is 0.382. The first kappa shape index (κ1) is 10.3. The number of rotatable bonds is 3. The summed E-state index contributed by atoms with van der Waals surface area (Å²) in [6, 6.07) is -0.927. The van der Waals surface area contributed by atoms with Gasteiger partial charge in [-0.3, -0.25) is 10.1 Å². The molecule has 0 aromatic rings. The number of methoxy groups -OCH3 is 2. The number of hydrogen-bond acceptors (Lipinski definition) is 4. The molecule has 0 bridgehead atoms. The molecule has 1 rings (SSSR count). The highest BCUT2D eigenvalue weighted by molar-refractivity contribution is 5.39. The third kappa shape index (κ3) is 1.76. The topological polar surface area (TPSA) is 61.6 Å². The Kier molecular flexibility index (Phi) is 2.91. The van der Waals surface area contributed by atoms with Crippen molar-refractivity contribution in [1.82, 2.24) is 0 Å². The second-order valence-electron chi connectivity index (χ2n) is 2.75. The minimum atomic E-state index is -0.927. The Morgan fingerprint density at radius 2 is 2.00 bits per heavy atom. The lowest BCUT2D eigenvalue weighted by molar-refractivity contribution is -0.499. The van der Waals surface area contributed by atoms with Gasteiger partial charge in [-0.2, -0.15) is 0 Å². The molecule has 0 aliphatic heterocycles. The van der Waals surface area contributed by atoms with E-state index < -0.39 is 11.0 Å². The van der Waals surface area contributed by atoms with Crippen LogP contribution in [-0.2, 0) is 9.47 Å². The van der Waals surface area contributed by atoms with Gasteiger partial charge in [-0.25, -0.2) is 0 Å². The number of ether oxygens (including phenoxy) is 2. The number of nitro groups is 1. The van der Waals surface area contributed by atoms with Gasteiger partial charge in [-0.1, -0.05) is 6.58 Å². The fourth-order valence-corrected chi connectivity index (χ4v) is 1.18. The quantitative estimate of drug-likeness (QED) is 0.504. The molecule has 1 atom stereocenters. The van der Waals surface area contributed by atoms with E-state index >= 15 is 0 Å². The zero-order valence-corrected chi connectivity index (χ0v) is 8.02. The smallest absolute Gasteiger partial charge is 0.259 e. The SMILES string of the molecule is C=C1C=C(OC)C(OC)=CC1[N+](=O)[O-]. The van der Waals surface area contributed by atoms with E-state index in [1.54, 1.807) is 0 Å². The van der Waals surface area contributed by atoms with E-state index in [-0.39, 0.29) is 0 Å². The molecule has 0 aromatic heterocycles. The van der Waals surface area contributed by atoms with Crippen LogP contribution >= 0.6 is 0 Å². The summed E-state index contributed by atoms with van der Waals surface area (Å²) in [6.07, 6.45) is 2.88. The first-order valence-electron chi connectivity index (χ1n) is 3.94. The average Bonchev–Trinajstić information content (AvgIpc) is 2.16. The monoisotopic (exact) mass is 197 g/mol. The van der Waals surface area contributed by atoms with E-state index in [1.807, 2.05) is 0 Å². The Balaban J connectivity index is 3.02. The largest absolute Gasteiger partial charge is 0.493 e. The summed E-state index contributed by atoms with van der Waals surface area (Å²) >= 11 is 0. The molecular weight excluding hydrogens is 186 g/mol. The van der Waals surface area contributed by atoms with Crippen LogP contribution in [0, 0.1) is 10.1 Å². The molecule has 1 unspecified atom stereocenters. The highest BCUT2D eigenvalue weighted by atomic mass is 16.6.